The van der Waals surface area contributed by atoms with Gasteiger partial charge in [0, 0.05) is 12.6 Å². The first-order valence-electron chi connectivity index (χ1n) is 10.0. The van der Waals surface area contributed by atoms with Crippen LogP contribution in [-0.4, -0.2) is 5.91 Å². The summed E-state index contributed by atoms with van der Waals surface area (Å²) in [6, 6.07) is 8.52. The zero-order valence-electron chi connectivity index (χ0n) is 15.4. The van der Waals surface area contributed by atoms with Crippen LogP contribution in [-0.2, 0) is 4.79 Å². The summed E-state index contributed by atoms with van der Waals surface area (Å²) in [6.07, 6.45) is 12.8. The summed E-state index contributed by atoms with van der Waals surface area (Å²) in [6.45, 7) is 3.91. The number of rotatable bonds is 4. The fraction of sp³-hybridized carbons (Fsp3) is 0.682. The van der Waals surface area contributed by atoms with E-state index in [9.17, 15) is 4.79 Å². The number of hydrogen-bond acceptors (Lipinski definition) is 1. The van der Waals surface area contributed by atoms with Gasteiger partial charge in [-0.1, -0.05) is 38.3 Å². The largest absolute Gasteiger partial charge is 0.326 e. The standard InChI is InChI=1S/C22H33NO/c1-3-17-4-6-18(7-5-17)19-8-10-20(11-9-19)21-12-14-22(15-13-21)23-16(2)24/h12-15,17-20H,3-11H2,1-2H3,(H,23,24). The number of carbonyl (C=O) groups is 1. The summed E-state index contributed by atoms with van der Waals surface area (Å²) in [5.74, 6) is 3.73. The van der Waals surface area contributed by atoms with Gasteiger partial charge in [-0.25, -0.2) is 0 Å². The maximum Gasteiger partial charge on any atom is 0.221 e. The molecular weight excluding hydrogens is 294 g/mol. The van der Waals surface area contributed by atoms with Crippen LogP contribution >= 0.6 is 0 Å². The van der Waals surface area contributed by atoms with Gasteiger partial charge in [-0.05, 0) is 79.9 Å². The van der Waals surface area contributed by atoms with E-state index in [2.05, 4.69) is 36.5 Å². The third-order valence-corrected chi connectivity index (χ3v) is 6.61. The first kappa shape index (κ1) is 17.5. The molecule has 0 aromatic heterocycles. The molecule has 2 aliphatic carbocycles. The molecule has 2 heteroatoms. The molecule has 0 aliphatic heterocycles. The summed E-state index contributed by atoms with van der Waals surface area (Å²) < 4.78 is 0. The van der Waals surface area contributed by atoms with Gasteiger partial charge in [0.2, 0.25) is 5.91 Å². The Morgan fingerprint density at radius 2 is 1.46 bits per heavy atom. The second-order valence-electron chi connectivity index (χ2n) is 8.10. The number of anilines is 1. The average molecular weight is 328 g/mol. The zero-order valence-corrected chi connectivity index (χ0v) is 15.4. The van der Waals surface area contributed by atoms with Crippen LogP contribution in [0.25, 0.3) is 0 Å². The van der Waals surface area contributed by atoms with Gasteiger partial charge in [0.25, 0.3) is 0 Å². The summed E-state index contributed by atoms with van der Waals surface area (Å²) >= 11 is 0. The number of carbonyl (C=O) groups excluding carboxylic acids is 1. The summed E-state index contributed by atoms with van der Waals surface area (Å²) in [4.78, 5) is 11.1. The molecule has 0 bridgehead atoms. The Labute approximate surface area is 147 Å². The summed E-state index contributed by atoms with van der Waals surface area (Å²) in [5.41, 5.74) is 2.37. The first-order valence-corrected chi connectivity index (χ1v) is 10.0. The van der Waals surface area contributed by atoms with Crippen molar-refractivity contribution < 1.29 is 4.79 Å². The van der Waals surface area contributed by atoms with Crippen LogP contribution in [0.3, 0.4) is 0 Å². The van der Waals surface area contributed by atoms with E-state index in [0.717, 1.165) is 29.4 Å². The molecule has 0 saturated heterocycles. The van der Waals surface area contributed by atoms with Crippen molar-refractivity contribution in [3.63, 3.8) is 0 Å². The minimum absolute atomic E-state index is 0.000974. The van der Waals surface area contributed by atoms with Crippen LogP contribution in [0.15, 0.2) is 24.3 Å². The second-order valence-corrected chi connectivity index (χ2v) is 8.10. The van der Waals surface area contributed by atoms with Gasteiger partial charge in [-0.3, -0.25) is 4.79 Å². The SMILES string of the molecule is CCC1CCC(C2CCC(c3ccc(NC(C)=O)cc3)CC2)CC1. The van der Waals surface area contributed by atoms with Gasteiger partial charge < -0.3 is 5.32 Å². The van der Waals surface area contributed by atoms with Gasteiger partial charge in [0.1, 0.15) is 0 Å². The van der Waals surface area contributed by atoms with Crippen molar-refractivity contribution in [1.82, 2.24) is 0 Å². The molecule has 1 aromatic rings. The van der Waals surface area contributed by atoms with Crippen molar-refractivity contribution in [2.75, 3.05) is 5.32 Å². The van der Waals surface area contributed by atoms with Gasteiger partial charge in [-0.15, -0.1) is 0 Å². The Balaban J connectivity index is 1.49. The van der Waals surface area contributed by atoms with E-state index in [4.69, 9.17) is 0 Å². The lowest BCUT2D eigenvalue weighted by Crippen LogP contribution is -2.25. The third kappa shape index (κ3) is 4.40. The second kappa shape index (κ2) is 8.18. The molecule has 0 unspecified atom stereocenters. The molecule has 0 radical (unpaired) electrons. The van der Waals surface area contributed by atoms with Gasteiger partial charge in [-0.2, -0.15) is 0 Å². The number of benzene rings is 1. The minimum Gasteiger partial charge on any atom is -0.326 e. The fourth-order valence-corrected chi connectivity index (χ4v) is 5.03. The predicted octanol–water partition coefficient (Wildman–Crippen LogP) is 6.14. The molecule has 2 fully saturated rings. The monoisotopic (exact) mass is 327 g/mol. The van der Waals surface area contributed by atoms with Crippen LogP contribution in [0.1, 0.15) is 83.1 Å². The van der Waals surface area contributed by atoms with E-state index in [1.165, 1.54) is 63.4 Å². The average Bonchev–Trinajstić information content (AvgIpc) is 2.62. The normalized spacial score (nSPS) is 30.8. The first-order chi connectivity index (χ1) is 11.7. The Kier molecular flexibility index (Phi) is 5.97. The van der Waals surface area contributed by atoms with Crippen molar-refractivity contribution in [2.45, 2.75) is 77.6 Å². The summed E-state index contributed by atoms with van der Waals surface area (Å²) in [5, 5.41) is 2.85. The molecule has 0 spiro atoms. The highest BCUT2D eigenvalue weighted by molar-refractivity contribution is 5.88. The van der Waals surface area contributed by atoms with E-state index in [1.54, 1.807) is 6.92 Å². The van der Waals surface area contributed by atoms with Gasteiger partial charge in [0.15, 0.2) is 0 Å². The van der Waals surface area contributed by atoms with Gasteiger partial charge in [0.05, 0.1) is 0 Å². The Morgan fingerprint density at radius 1 is 0.917 bits per heavy atom. The molecule has 2 saturated carbocycles. The molecular formula is C22H33NO. The van der Waals surface area contributed by atoms with E-state index in [1.807, 2.05) is 0 Å². The van der Waals surface area contributed by atoms with Crippen molar-refractivity contribution >= 4 is 11.6 Å². The molecule has 0 atom stereocenters. The lowest BCUT2D eigenvalue weighted by atomic mass is 9.68. The lowest BCUT2D eigenvalue weighted by Gasteiger charge is -2.38. The molecule has 2 nitrogen and oxygen atoms in total. The topological polar surface area (TPSA) is 29.1 Å². The van der Waals surface area contributed by atoms with Crippen molar-refractivity contribution in [3.05, 3.63) is 29.8 Å². The molecule has 0 heterocycles. The lowest BCUT2D eigenvalue weighted by molar-refractivity contribution is -0.114. The Morgan fingerprint density at radius 3 is 1.96 bits per heavy atom. The van der Waals surface area contributed by atoms with Gasteiger partial charge >= 0.3 is 0 Å². The van der Waals surface area contributed by atoms with E-state index in [-0.39, 0.29) is 5.91 Å². The zero-order chi connectivity index (χ0) is 16.9. The van der Waals surface area contributed by atoms with Crippen molar-refractivity contribution in [3.8, 4) is 0 Å². The molecule has 2 aliphatic rings. The predicted molar refractivity (Wildman–Crippen MR) is 101 cm³/mol. The fourth-order valence-electron chi connectivity index (χ4n) is 5.03. The van der Waals surface area contributed by atoms with Crippen LogP contribution in [0.2, 0.25) is 0 Å². The van der Waals surface area contributed by atoms with Crippen LogP contribution < -0.4 is 5.32 Å². The maximum absolute atomic E-state index is 11.1. The molecule has 132 valence electrons. The maximum atomic E-state index is 11.1. The highest BCUT2D eigenvalue weighted by Gasteiger charge is 2.30. The number of amides is 1. The summed E-state index contributed by atoms with van der Waals surface area (Å²) in [7, 11) is 0. The van der Waals surface area contributed by atoms with Crippen molar-refractivity contribution in [2.24, 2.45) is 17.8 Å². The molecule has 1 amide bonds. The highest BCUT2D eigenvalue weighted by atomic mass is 16.1. The van der Waals surface area contributed by atoms with E-state index >= 15 is 0 Å². The quantitative estimate of drug-likeness (QED) is 0.707. The Hall–Kier alpha value is -1.31. The van der Waals surface area contributed by atoms with Crippen LogP contribution in [0.5, 0.6) is 0 Å². The minimum atomic E-state index is 0.000974. The molecule has 1 N–H and O–H groups in total. The van der Waals surface area contributed by atoms with Crippen LogP contribution in [0, 0.1) is 17.8 Å². The van der Waals surface area contributed by atoms with E-state index in [0.29, 0.717) is 0 Å². The number of nitrogens with one attached hydrogen (secondary N) is 1. The third-order valence-electron chi connectivity index (χ3n) is 6.61. The highest BCUT2D eigenvalue weighted by Crippen LogP contribution is 2.44. The number of hydrogen-bond donors (Lipinski definition) is 1. The molecule has 24 heavy (non-hydrogen) atoms. The van der Waals surface area contributed by atoms with E-state index < -0.39 is 0 Å². The molecule has 3 rings (SSSR count). The smallest absolute Gasteiger partial charge is 0.221 e. The molecule has 1 aromatic carbocycles. The van der Waals surface area contributed by atoms with Crippen LogP contribution in [0.4, 0.5) is 5.69 Å². The Bertz CT molecular complexity index is 519. The van der Waals surface area contributed by atoms with Crippen molar-refractivity contribution in [1.29, 1.82) is 0 Å².